The number of rotatable bonds is 26. The molecule has 0 saturated heterocycles. The highest BCUT2D eigenvalue weighted by atomic mass is 32.2. The van der Waals surface area contributed by atoms with Gasteiger partial charge in [0.15, 0.2) is 0 Å². The predicted molar refractivity (Wildman–Crippen MR) is 174 cm³/mol. The maximum atomic E-state index is 12.1. The summed E-state index contributed by atoms with van der Waals surface area (Å²) >= 11 is 1.74. The molecule has 2 rings (SSSR count). The molecule has 1 amide bonds. The van der Waals surface area contributed by atoms with Gasteiger partial charge >= 0.3 is 14.7 Å². The molecule has 42 heavy (non-hydrogen) atoms. The predicted octanol–water partition coefficient (Wildman–Crippen LogP) is 8.89. The third-order valence-electron chi connectivity index (χ3n) is 7.10. The van der Waals surface area contributed by atoms with Crippen LogP contribution in [0.4, 0.5) is 4.79 Å². The standard InChI is InChI=1S/C32H55N2O6PS/c1-3-5-6-7-8-9-10-11-12-13-14-15-16-19-22-33-32(35)38-26-30(37-4-2)27-39-41(36)40-31-21-18-17-20-29(31)25-34-23-24-42-28-34/h17-18,20-21,23-24,30,36H,3-16,19,22,25-28H2,1-2H3,(H,33,35). The summed E-state index contributed by atoms with van der Waals surface area (Å²) < 4.78 is 22.2. The van der Waals surface area contributed by atoms with Crippen LogP contribution in [-0.4, -0.2) is 54.2 Å². The van der Waals surface area contributed by atoms with E-state index in [1.54, 1.807) is 11.8 Å². The number of hydrogen-bond donors (Lipinski definition) is 2. The Kier molecular flexibility index (Phi) is 21.7. The highest BCUT2D eigenvalue weighted by Crippen LogP contribution is 2.37. The Bertz CT molecular complexity index is 849. The number of carbonyl (C=O) groups is 1. The number of nitrogens with one attached hydrogen (secondary N) is 1. The minimum Gasteiger partial charge on any atom is -0.447 e. The topological polar surface area (TPSA) is 89.5 Å². The van der Waals surface area contributed by atoms with Crippen molar-refractivity contribution in [2.45, 2.75) is 116 Å². The van der Waals surface area contributed by atoms with Gasteiger partial charge in [0.2, 0.25) is 0 Å². The Balaban J connectivity index is 1.49. The molecular formula is C32H55N2O6PS. The summed E-state index contributed by atoms with van der Waals surface area (Å²) in [5, 5.41) is 4.88. The first kappa shape index (κ1) is 36.7. The van der Waals surface area contributed by atoms with Crippen molar-refractivity contribution >= 4 is 26.5 Å². The molecule has 0 bridgehead atoms. The molecular weight excluding hydrogens is 571 g/mol. The molecule has 2 N–H and O–H groups in total. The minimum absolute atomic E-state index is 0.0388. The molecule has 8 nitrogen and oxygen atoms in total. The number of thioether (sulfide) groups is 1. The number of benzene rings is 1. The number of amides is 1. The average Bonchev–Trinajstić information content (AvgIpc) is 3.51. The van der Waals surface area contributed by atoms with E-state index in [9.17, 15) is 9.69 Å². The van der Waals surface area contributed by atoms with Gasteiger partial charge in [-0.1, -0.05) is 109 Å². The molecule has 2 unspecified atom stereocenters. The van der Waals surface area contributed by atoms with Gasteiger partial charge in [0.05, 0.1) is 12.5 Å². The number of carbonyl (C=O) groups excluding carboxylic acids is 1. The fourth-order valence-electron chi connectivity index (χ4n) is 4.72. The van der Waals surface area contributed by atoms with Gasteiger partial charge in [-0.3, -0.25) is 4.52 Å². The molecule has 1 heterocycles. The van der Waals surface area contributed by atoms with E-state index in [2.05, 4.69) is 22.5 Å². The number of para-hydroxylation sites is 1. The van der Waals surface area contributed by atoms with Gasteiger partial charge < -0.3 is 29.1 Å². The van der Waals surface area contributed by atoms with Crippen molar-refractivity contribution < 1.29 is 28.2 Å². The van der Waals surface area contributed by atoms with Crippen LogP contribution < -0.4 is 9.84 Å². The molecule has 0 aliphatic carbocycles. The summed E-state index contributed by atoms with van der Waals surface area (Å²) in [6, 6.07) is 7.61. The van der Waals surface area contributed by atoms with Crippen LogP contribution in [0.5, 0.6) is 5.75 Å². The van der Waals surface area contributed by atoms with Gasteiger partial charge in [-0.2, -0.15) is 0 Å². The van der Waals surface area contributed by atoms with E-state index < -0.39 is 20.8 Å². The molecule has 0 spiro atoms. The lowest BCUT2D eigenvalue weighted by Gasteiger charge is -2.21. The maximum absolute atomic E-state index is 12.1. The van der Waals surface area contributed by atoms with Crippen LogP contribution in [0.1, 0.15) is 109 Å². The summed E-state index contributed by atoms with van der Waals surface area (Å²) in [7, 11) is -2.16. The van der Waals surface area contributed by atoms with Crippen LogP contribution in [0, 0.1) is 0 Å². The zero-order valence-electron chi connectivity index (χ0n) is 26.0. The van der Waals surface area contributed by atoms with E-state index in [4.69, 9.17) is 18.5 Å². The van der Waals surface area contributed by atoms with Crippen molar-refractivity contribution in [1.29, 1.82) is 0 Å². The van der Waals surface area contributed by atoms with Crippen LogP contribution in [0.25, 0.3) is 0 Å². The Morgan fingerprint density at radius 1 is 0.952 bits per heavy atom. The fraction of sp³-hybridized carbons (Fsp3) is 0.719. The summed E-state index contributed by atoms with van der Waals surface area (Å²) in [5.41, 5.74) is 0.968. The lowest BCUT2D eigenvalue weighted by atomic mass is 10.0. The Morgan fingerprint density at radius 3 is 2.21 bits per heavy atom. The number of unbranched alkanes of at least 4 members (excludes halogenated alkanes) is 13. The van der Waals surface area contributed by atoms with Gasteiger partial charge in [0.25, 0.3) is 0 Å². The molecule has 240 valence electrons. The average molecular weight is 627 g/mol. The normalized spacial score (nSPS) is 14.2. The van der Waals surface area contributed by atoms with Crippen molar-refractivity contribution in [2.24, 2.45) is 0 Å². The SMILES string of the molecule is CCCCCCCCCCCCCCCCNC(=O)OCC(COP(O)Oc1ccccc1CN1C=CSC1)OCC. The molecule has 10 heteroatoms. The molecule has 0 saturated carbocycles. The molecule has 0 aromatic heterocycles. The smallest absolute Gasteiger partial charge is 0.407 e. The van der Waals surface area contributed by atoms with E-state index in [0.29, 0.717) is 25.4 Å². The Morgan fingerprint density at radius 2 is 1.60 bits per heavy atom. The maximum Gasteiger partial charge on any atom is 0.407 e. The summed E-state index contributed by atoms with van der Waals surface area (Å²) in [4.78, 5) is 24.7. The number of alkyl carbamates (subject to hydrolysis) is 1. The van der Waals surface area contributed by atoms with Gasteiger partial charge in [-0.05, 0) is 24.8 Å². The van der Waals surface area contributed by atoms with E-state index in [1.807, 2.05) is 37.4 Å². The second kappa shape index (κ2) is 24.9. The van der Waals surface area contributed by atoms with E-state index in [1.165, 1.54) is 77.0 Å². The first-order chi connectivity index (χ1) is 20.6. The first-order valence-corrected chi connectivity index (χ1v) is 18.2. The van der Waals surface area contributed by atoms with Crippen molar-refractivity contribution in [3.05, 3.63) is 41.4 Å². The van der Waals surface area contributed by atoms with Crippen LogP contribution in [0.2, 0.25) is 0 Å². The largest absolute Gasteiger partial charge is 0.447 e. The zero-order valence-corrected chi connectivity index (χ0v) is 27.7. The summed E-state index contributed by atoms with van der Waals surface area (Å²) in [6.07, 6.45) is 19.4. The third kappa shape index (κ3) is 18.2. The molecule has 1 aliphatic rings. The van der Waals surface area contributed by atoms with Crippen LogP contribution in [-0.2, 0) is 20.5 Å². The lowest BCUT2D eigenvalue weighted by Crippen LogP contribution is -2.31. The molecule has 2 atom stereocenters. The quantitative estimate of drug-likeness (QED) is 0.0779. The number of ether oxygens (including phenoxy) is 2. The summed E-state index contributed by atoms with van der Waals surface area (Å²) in [5.74, 6) is 1.48. The van der Waals surface area contributed by atoms with Crippen molar-refractivity contribution in [2.75, 3.05) is 32.2 Å². The van der Waals surface area contributed by atoms with E-state index in [-0.39, 0.29) is 13.2 Å². The number of nitrogens with zero attached hydrogens (tertiary/aromatic N) is 1. The monoisotopic (exact) mass is 626 g/mol. The van der Waals surface area contributed by atoms with Crippen molar-refractivity contribution in [3.63, 3.8) is 0 Å². The fourth-order valence-corrected chi connectivity index (χ4v) is 6.12. The number of hydrogen-bond acceptors (Lipinski definition) is 8. The van der Waals surface area contributed by atoms with E-state index >= 15 is 0 Å². The van der Waals surface area contributed by atoms with Crippen molar-refractivity contribution in [3.8, 4) is 5.75 Å². The van der Waals surface area contributed by atoms with Gasteiger partial charge in [0.1, 0.15) is 18.5 Å². The second-order valence-electron chi connectivity index (χ2n) is 10.8. The third-order valence-corrected chi connectivity index (χ3v) is 8.62. The second-order valence-corrected chi connectivity index (χ2v) is 12.5. The van der Waals surface area contributed by atoms with Crippen LogP contribution >= 0.6 is 20.4 Å². The van der Waals surface area contributed by atoms with Crippen LogP contribution in [0.15, 0.2) is 35.9 Å². The lowest BCUT2D eigenvalue weighted by molar-refractivity contribution is -0.0151. The minimum atomic E-state index is -2.16. The molecule has 1 aromatic carbocycles. The Labute approximate surface area is 260 Å². The van der Waals surface area contributed by atoms with Gasteiger partial charge in [0, 0.05) is 31.5 Å². The molecule has 1 aromatic rings. The molecule has 1 aliphatic heterocycles. The van der Waals surface area contributed by atoms with Gasteiger partial charge in [-0.25, -0.2) is 4.79 Å². The first-order valence-electron chi connectivity index (χ1n) is 16.0. The highest BCUT2D eigenvalue weighted by Gasteiger charge is 2.19. The van der Waals surface area contributed by atoms with Crippen molar-refractivity contribution in [1.82, 2.24) is 10.2 Å². The van der Waals surface area contributed by atoms with E-state index in [0.717, 1.165) is 24.3 Å². The molecule has 0 radical (unpaired) electrons. The Hall–Kier alpha value is -1.51. The van der Waals surface area contributed by atoms with Gasteiger partial charge in [-0.15, -0.1) is 11.8 Å². The molecule has 0 fully saturated rings. The zero-order chi connectivity index (χ0) is 30.1. The summed E-state index contributed by atoms with van der Waals surface area (Å²) in [6.45, 7) is 5.95. The highest BCUT2D eigenvalue weighted by molar-refractivity contribution is 8.02. The van der Waals surface area contributed by atoms with Crippen LogP contribution in [0.3, 0.4) is 0 Å².